The number of carbonyl (C=O) groups is 3. The summed E-state index contributed by atoms with van der Waals surface area (Å²) in [5.74, 6) is 0.218. The van der Waals surface area contributed by atoms with Crippen LogP contribution in [0.5, 0.6) is 5.75 Å². The standard InChI is InChI=1S/C24H23N3O4/c1-16(28)17-3-7-19(8-4-17)25-15-23(29)26-20-9-5-18(6-10-20)24(30)27-21-11-13-22(31-2)14-12-21/h3-14,25H,15H2,1-2H3,(H,26,29)(H,27,30). The summed E-state index contributed by atoms with van der Waals surface area (Å²) in [7, 11) is 1.58. The van der Waals surface area contributed by atoms with Crippen molar-refractivity contribution in [2.24, 2.45) is 0 Å². The molecular weight excluding hydrogens is 394 g/mol. The summed E-state index contributed by atoms with van der Waals surface area (Å²) in [6, 6.07) is 20.6. The molecule has 0 aliphatic carbocycles. The van der Waals surface area contributed by atoms with Gasteiger partial charge in [-0.25, -0.2) is 0 Å². The highest BCUT2D eigenvalue weighted by atomic mass is 16.5. The Balaban J connectivity index is 1.50. The van der Waals surface area contributed by atoms with Crippen molar-refractivity contribution in [3.8, 4) is 5.75 Å². The maximum Gasteiger partial charge on any atom is 0.255 e. The van der Waals surface area contributed by atoms with Crippen LogP contribution >= 0.6 is 0 Å². The van der Waals surface area contributed by atoms with Gasteiger partial charge in [0.1, 0.15) is 5.75 Å². The highest BCUT2D eigenvalue weighted by molar-refractivity contribution is 6.04. The van der Waals surface area contributed by atoms with Gasteiger partial charge >= 0.3 is 0 Å². The molecule has 7 nitrogen and oxygen atoms in total. The van der Waals surface area contributed by atoms with Crippen molar-refractivity contribution in [3.05, 3.63) is 83.9 Å². The monoisotopic (exact) mass is 417 g/mol. The van der Waals surface area contributed by atoms with Crippen LogP contribution in [0.25, 0.3) is 0 Å². The molecule has 7 heteroatoms. The fourth-order valence-corrected chi connectivity index (χ4v) is 2.79. The van der Waals surface area contributed by atoms with Crippen LogP contribution in [0.4, 0.5) is 17.1 Å². The number of carbonyl (C=O) groups excluding carboxylic acids is 3. The Morgan fingerprint density at radius 3 is 1.81 bits per heavy atom. The molecular formula is C24H23N3O4. The molecule has 0 atom stereocenters. The molecule has 3 N–H and O–H groups in total. The van der Waals surface area contributed by atoms with Crippen LogP contribution in [-0.4, -0.2) is 31.3 Å². The number of nitrogens with one attached hydrogen (secondary N) is 3. The van der Waals surface area contributed by atoms with Crippen LogP contribution in [0, 0.1) is 0 Å². The first kappa shape index (κ1) is 21.6. The van der Waals surface area contributed by atoms with Crippen molar-refractivity contribution in [1.29, 1.82) is 0 Å². The minimum atomic E-state index is -0.251. The first-order valence-corrected chi connectivity index (χ1v) is 9.65. The molecule has 0 unspecified atom stereocenters. The Morgan fingerprint density at radius 1 is 0.710 bits per heavy atom. The summed E-state index contributed by atoms with van der Waals surface area (Å²) in [6.07, 6.45) is 0. The SMILES string of the molecule is COc1ccc(NC(=O)c2ccc(NC(=O)CNc3ccc(C(C)=O)cc3)cc2)cc1. The van der Waals surface area contributed by atoms with Gasteiger partial charge in [0.25, 0.3) is 5.91 Å². The maximum atomic E-state index is 12.4. The molecule has 0 saturated carbocycles. The zero-order valence-corrected chi connectivity index (χ0v) is 17.3. The Labute approximate surface area is 180 Å². The highest BCUT2D eigenvalue weighted by Gasteiger charge is 2.08. The van der Waals surface area contributed by atoms with Gasteiger partial charge in [-0.05, 0) is 79.7 Å². The zero-order valence-electron chi connectivity index (χ0n) is 17.3. The topological polar surface area (TPSA) is 96.5 Å². The molecule has 0 aromatic heterocycles. The zero-order chi connectivity index (χ0) is 22.2. The third-order valence-electron chi connectivity index (χ3n) is 4.52. The van der Waals surface area contributed by atoms with E-state index in [0.29, 0.717) is 28.3 Å². The van der Waals surface area contributed by atoms with Crippen molar-refractivity contribution in [2.45, 2.75) is 6.92 Å². The average Bonchev–Trinajstić information content (AvgIpc) is 2.79. The minimum absolute atomic E-state index is 0.00887. The first-order valence-electron chi connectivity index (χ1n) is 9.65. The number of benzene rings is 3. The van der Waals surface area contributed by atoms with Gasteiger partial charge in [-0.2, -0.15) is 0 Å². The molecule has 0 heterocycles. The van der Waals surface area contributed by atoms with Crippen LogP contribution in [0.2, 0.25) is 0 Å². The van der Waals surface area contributed by atoms with Crippen LogP contribution < -0.4 is 20.7 Å². The molecule has 158 valence electrons. The van der Waals surface area contributed by atoms with E-state index < -0.39 is 0 Å². The molecule has 0 spiro atoms. The summed E-state index contributed by atoms with van der Waals surface area (Å²) in [6.45, 7) is 1.57. The summed E-state index contributed by atoms with van der Waals surface area (Å²) < 4.78 is 5.10. The number of methoxy groups -OCH3 is 1. The predicted molar refractivity (Wildman–Crippen MR) is 121 cm³/mol. The second kappa shape index (κ2) is 10.1. The van der Waals surface area contributed by atoms with Gasteiger partial charge in [0.2, 0.25) is 5.91 Å². The summed E-state index contributed by atoms with van der Waals surface area (Å²) in [5.41, 5.74) is 3.07. The maximum absolute atomic E-state index is 12.4. The number of Topliss-reactive ketones (excluding diaryl/α,β-unsaturated/α-hetero) is 1. The Bertz CT molecular complexity index is 1060. The average molecular weight is 417 g/mol. The smallest absolute Gasteiger partial charge is 0.255 e. The highest BCUT2D eigenvalue weighted by Crippen LogP contribution is 2.17. The summed E-state index contributed by atoms with van der Waals surface area (Å²) >= 11 is 0. The lowest BCUT2D eigenvalue weighted by molar-refractivity contribution is -0.114. The van der Waals surface area contributed by atoms with Crippen LogP contribution in [0.15, 0.2) is 72.8 Å². The van der Waals surface area contributed by atoms with Crippen molar-refractivity contribution in [2.75, 3.05) is 29.6 Å². The molecule has 0 saturated heterocycles. The largest absolute Gasteiger partial charge is 0.497 e. The quantitative estimate of drug-likeness (QED) is 0.477. The molecule has 3 aromatic carbocycles. The van der Waals surface area contributed by atoms with Crippen LogP contribution in [0.3, 0.4) is 0 Å². The molecule has 0 radical (unpaired) electrons. The normalized spacial score (nSPS) is 10.1. The van der Waals surface area contributed by atoms with Crippen LogP contribution in [-0.2, 0) is 4.79 Å². The Morgan fingerprint density at radius 2 is 1.23 bits per heavy atom. The lowest BCUT2D eigenvalue weighted by Crippen LogP contribution is -2.21. The van der Waals surface area contributed by atoms with E-state index in [1.54, 1.807) is 79.9 Å². The van der Waals surface area contributed by atoms with Gasteiger partial charge in [-0.1, -0.05) is 0 Å². The summed E-state index contributed by atoms with van der Waals surface area (Å²) in [5, 5.41) is 8.57. The minimum Gasteiger partial charge on any atom is -0.497 e. The van der Waals surface area contributed by atoms with E-state index >= 15 is 0 Å². The van der Waals surface area contributed by atoms with Gasteiger partial charge in [0.15, 0.2) is 5.78 Å². The number of anilines is 3. The lowest BCUT2D eigenvalue weighted by Gasteiger charge is -2.09. The van der Waals surface area contributed by atoms with Gasteiger partial charge < -0.3 is 20.7 Å². The van der Waals surface area contributed by atoms with Crippen molar-refractivity contribution in [1.82, 2.24) is 0 Å². The number of ketones is 1. The lowest BCUT2D eigenvalue weighted by atomic mass is 10.1. The second-order valence-electron chi connectivity index (χ2n) is 6.80. The number of amides is 2. The second-order valence-corrected chi connectivity index (χ2v) is 6.80. The fraction of sp³-hybridized carbons (Fsp3) is 0.125. The van der Waals surface area contributed by atoms with Gasteiger partial charge in [-0.3, -0.25) is 14.4 Å². The molecule has 31 heavy (non-hydrogen) atoms. The van der Waals surface area contributed by atoms with E-state index in [1.807, 2.05) is 0 Å². The molecule has 0 bridgehead atoms. The molecule has 2 amide bonds. The van der Waals surface area contributed by atoms with E-state index in [0.717, 1.165) is 5.69 Å². The van der Waals surface area contributed by atoms with Crippen LogP contribution in [0.1, 0.15) is 27.6 Å². The number of hydrogen-bond acceptors (Lipinski definition) is 5. The molecule has 3 rings (SSSR count). The van der Waals surface area contributed by atoms with Crippen molar-refractivity contribution < 1.29 is 19.1 Å². The fourth-order valence-electron chi connectivity index (χ4n) is 2.79. The van der Waals surface area contributed by atoms with Gasteiger partial charge in [0.05, 0.1) is 13.7 Å². The Kier molecular flexibility index (Phi) is 7.01. The number of ether oxygens (including phenoxy) is 1. The molecule has 3 aromatic rings. The first-order chi connectivity index (χ1) is 14.9. The van der Waals surface area contributed by atoms with E-state index in [2.05, 4.69) is 16.0 Å². The third kappa shape index (κ3) is 6.17. The van der Waals surface area contributed by atoms with E-state index in [9.17, 15) is 14.4 Å². The number of hydrogen-bond donors (Lipinski definition) is 3. The van der Waals surface area contributed by atoms with Crippen molar-refractivity contribution in [3.63, 3.8) is 0 Å². The van der Waals surface area contributed by atoms with E-state index in [1.165, 1.54) is 6.92 Å². The summed E-state index contributed by atoms with van der Waals surface area (Å²) in [4.78, 5) is 35.8. The Hall–Kier alpha value is -4.13. The van der Waals surface area contributed by atoms with Crippen molar-refractivity contribution >= 4 is 34.7 Å². The molecule has 0 aliphatic rings. The number of rotatable bonds is 8. The van der Waals surface area contributed by atoms with Gasteiger partial charge in [-0.15, -0.1) is 0 Å². The van der Waals surface area contributed by atoms with E-state index in [4.69, 9.17) is 4.74 Å². The third-order valence-corrected chi connectivity index (χ3v) is 4.52. The van der Waals surface area contributed by atoms with Gasteiger partial charge in [0, 0.05) is 28.2 Å². The molecule has 0 aliphatic heterocycles. The predicted octanol–water partition coefficient (Wildman–Crippen LogP) is 4.20. The molecule has 0 fully saturated rings. The van der Waals surface area contributed by atoms with E-state index in [-0.39, 0.29) is 24.1 Å².